The van der Waals surface area contributed by atoms with Crippen LogP contribution in [-0.4, -0.2) is 14.3 Å². The Morgan fingerprint density at radius 3 is 2.29 bits per heavy atom. The summed E-state index contributed by atoms with van der Waals surface area (Å²) in [6.07, 6.45) is 0. The molecule has 2 N–H and O–H groups in total. The highest BCUT2D eigenvalue weighted by Crippen LogP contribution is 2.32. The van der Waals surface area contributed by atoms with Crippen LogP contribution in [0.2, 0.25) is 5.02 Å². The van der Waals surface area contributed by atoms with Crippen LogP contribution in [0.4, 0.5) is 11.4 Å². The van der Waals surface area contributed by atoms with Crippen LogP contribution >= 0.6 is 11.6 Å². The maximum atomic E-state index is 13.1. The molecule has 0 atom stereocenters. The Morgan fingerprint density at radius 1 is 0.857 bits per heavy atom. The van der Waals surface area contributed by atoms with Crippen molar-refractivity contribution in [2.75, 3.05) is 10.0 Å². The fraction of sp³-hybridized carbons (Fsp3) is 0.0741. The second kappa shape index (κ2) is 10.2. The van der Waals surface area contributed by atoms with E-state index in [1.807, 2.05) is 37.3 Å². The molecule has 4 aromatic carbocycles. The van der Waals surface area contributed by atoms with Crippen molar-refractivity contribution >= 4 is 38.9 Å². The van der Waals surface area contributed by atoms with Crippen LogP contribution < -0.4 is 14.8 Å². The van der Waals surface area contributed by atoms with Gasteiger partial charge in [-0.3, -0.25) is 9.52 Å². The highest BCUT2D eigenvalue weighted by Gasteiger charge is 2.20. The van der Waals surface area contributed by atoms with Crippen LogP contribution in [0.1, 0.15) is 21.5 Å². The molecule has 0 fully saturated rings. The van der Waals surface area contributed by atoms with Crippen LogP contribution in [0, 0.1) is 13.8 Å². The lowest BCUT2D eigenvalue weighted by molar-refractivity contribution is 0.102. The number of aryl methyl sites for hydroxylation is 2. The molecule has 35 heavy (non-hydrogen) atoms. The van der Waals surface area contributed by atoms with E-state index in [0.29, 0.717) is 33.5 Å². The van der Waals surface area contributed by atoms with Crippen LogP contribution in [0.25, 0.3) is 0 Å². The minimum Gasteiger partial charge on any atom is -0.455 e. The molecule has 0 aliphatic heterocycles. The van der Waals surface area contributed by atoms with Crippen LogP contribution in [0.3, 0.4) is 0 Å². The summed E-state index contributed by atoms with van der Waals surface area (Å²) in [6.45, 7) is 3.59. The fourth-order valence-corrected chi connectivity index (χ4v) is 4.86. The molecule has 0 aliphatic rings. The first-order chi connectivity index (χ1) is 16.7. The number of amides is 1. The fourth-order valence-electron chi connectivity index (χ4n) is 3.36. The molecule has 0 heterocycles. The number of hydrogen-bond acceptors (Lipinski definition) is 4. The minimum absolute atomic E-state index is 0.0116. The number of anilines is 2. The summed E-state index contributed by atoms with van der Waals surface area (Å²) in [4.78, 5) is 13.1. The predicted molar refractivity (Wildman–Crippen MR) is 139 cm³/mol. The van der Waals surface area contributed by atoms with Crippen molar-refractivity contribution in [2.24, 2.45) is 0 Å². The number of nitrogens with one attached hydrogen (secondary N) is 2. The van der Waals surface area contributed by atoms with Gasteiger partial charge in [0.1, 0.15) is 5.75 Å². The molecule has 0 saturated carbocycles. The van der Waals surface area contributed by atoms with Crippen LogP contribution in [0.15, 0.2) is 95.9 Å². The summed E-state index contributed by atoms with van der Waals surface area (Å²) in [6, 6.07) is 25.5. The molecular weight excluding hydrogens is 484 g/mol. The molecule has 0 aliphatic carbocycles. The van der Waals surface area contributed by atoms with Crippen molar-refractivity contribution in [3.8, 4) is 11.5 Å². The van der Waals surface area contributed by atoms with E-state index in [9.17, 15) is 13.2 Å². The first kappa shape index (κ1) is 24.3. The predicted octanol–water partition coefficient (Wildman–Crippen LogP) is 6.80. The number of para-hydroxylation sites is 1. The monoisotopic (exact) mass is 506 g/mol. The van der Waals surface area contributed by atoms with E-state index in [1.165, 1.54) is 6.07 Å². The molecule has 1 amide bonds. The summed E-state index contributed by atoms with van der Waals surface area (Å²) in [5.74, 6) is 0.489. The number of carbonyl (C=O) groups is 1. The second-order valence-electron chi connectivity index (χ2n) is 7.96. The number of rotatable bonds is 7. The quantitative estimate of drug-likeness (QED) is 0.288. The number of hydrogen-bond donors (Lipinski definition) is 2. The molecule has 178 valence electrons. The summed E-state index contributed by atoms with van der Waals surface area (Å²) in [7, 11) is -3.92. The van der Waals surface area contributed by atoms with Crippen molar-refractivity contribution in [2.45, 2.75) is 18.7 Å². The van der Waals surface area contributed by atoms with E-state index in [2.05, 4.69) is 10.0 Å². The highest BCUT2D eigenvalue weighted by molar-refractivity contribution is 7.92. The molecule has 0 bridgehead atoms. The molecule has 0 spiro atoms. The zero-order chi connectivity index (χ0) is 25.0. The third-order valence-corrected chi connectivity index (χ3v) is 6.96. The molecular formula is C27H23ClN2O4S. The molecule has 8 heteroatoms. The number of ether oxygens (including phenoxy) is 1. The number of carbonyl (C=O) groups excluding carboxylic acids is 1. The third kappa shape index (κ3) is 6.01. The first-order valence-electron chi connectivity index (χ1n) is 10.8. The van der Waals surface area contributed by atoms with Gasteiger partial charge in [0.05, 0.1) is 10.6 Å². The Morgan fingerprint density at radius 2 is 1.57 bits per heavy atom. The van der Waals surface area contributed by atoms with E-state index < -0.39 is 15.9 Å². The van der Waals surface area contributed by atoms with Gasteiger partial charge in [0, 0.05) is 16.3 Å². The summed E-state index contributed by atoms with van der Waals surface area (Å²) in [5.41, 5.74) is 2.49. The molecule has 0 unspecified atom stereocenters. The van der Waals surface area contributed by atoms with Crippen molar-refractivity contribution in [1.82, 2.24) is 0 Å². The summed E-state index contributed by atoms with van der Waals surface area (Å²) < 4.78 is 34.6. The lowest BCUT2D eigenvalue weighted by atomic mass is 10.1. The maximum absolute atomic E-state index is 13.1. The Labute approximate surface area is 209 Å². The van der Waals surface area contributed by atoms with E-state index >= 15 is 0 Å². The van der Waals surface area contributed by atoms with Gasteiger partial charge in [-0.25, -0.2) is 8.42 Å². The molecule has 0 radical (unpaired) electrons. The van der Waals surface area contributed by atoms with Gasteiger partial charge in [-0.2, -0.15) is 0 Å². The Hall–Kier alpha value is -3.81. The minimum atomic E-state index is -3.92. The van der Waals surface area contributed by atoms with Crippen molar-refractivity contribution in [3.63, 3.8) is 0 Å². The molecule has 6 nitrogen and oxygen atoms in total. The van der Waals surface area contributed by atoms with E-state index in [1.54, 1.807) is 61.5 Å². The maximum Gasteiger partial charge on any atom is 0.262 e. The van der Waals surface area contributed by atoms with E-state index in [-0.39, 0.29) is 10.5 Å². The van der Waals surface area contributed by atoms with Gasteiger partial charge in [-0.1, -0.05) is 53.6 Å². The topological polar surface area (TPSA) is 84.5 Å². The molecule has 4 aromatic rings. The highest BCUT2D eigenvalue weighted by atomic mass is 35.5. The Balaban J connectivity index is 1.60. The molecule has 0 saturated heterocycles. The van der Waals surface area contributed by atoms with Gasteiger partial charge in [-0.05, 0) is 74.0 Å². The van der Waals surface area contributed by atoms with Crippen LogP contribution in [0.5, 0.6) is 11.5 Å². The van der Waals surface area contributed by atoms with Crippen molar-refractivity contribution in [1.29, 1.82) is 0 Å². The second-order valence-corrected chi connectivity index (χ2v) is 10.0. The van der Waals surface area contributed by atoms with E-state index in [4.69, 9.17) is 16.3 Å². The Kier molecular flexibility index (Phi) is 7.10. The van der Waals surface area contributed by atoms with E-state index in [0.717, 1.165) is 5.56 Å². The zero-order valence-electron chi connectivity index (χ0n) is 19.1. The SMILES string of the molecule is Cc1ccc(NS(=O)(=O)c2cc(C(=O)Nc3cc(Cl)ccc3Oc3ccccc3)ccc2C)cc1. The van der Waals surface area contributed by atoms with Crippen molar-refractivity contribution < 1.29 is 17.9 Å². The Bertz CT molecular complexity index is 1470. The largest absolute Gasteiger partial charge is 0.455 e. The average Bonchev–Trinajstić information content (AvgIpc) is 2.83. The first-order valence-corrected chi connectivity index (χ1v) is 12.6. The smallest absolute Gasteiger partial charge is 0.262 e. The molecule has 0 aromatic heterocycles. The van der Waals surface area contributed by atoms with Gasteiger partial charge >= 0.3 is 0 Å². The normalized spacial score (nSPS) is 11.1. The molecule has 4 rings (SSSR count). The van der Waals surface area contributed by atoms with Gasteiger partial charge in [-0.15, -0.1) is 0 Å². The van der Waals surface area contributed by atoms with Gasteiger partial charge in [0.15, 0.2) is 5.75 Å². The van der Waals surface area contributed by atoms with Gasteiger partial charge in [0.25, 0.3) is 15.9 Å². The van der Waals surface area contributed by atoms with Gasteiger partial charge in [0.2, 0.25) is 0 Å². The number of sulfonamides is 1. The summed E-state index contributed by atoms with van der Waals surface area (Å²) in [5, 5.41) is 3.19. The average molecular weight is 507 g/mol. The number of benzene rings is 4. The number of halogens is 1. The standard InChI is InChI=1S/C27H23ClN2O4S/c1-18-8-13-22(14-9-18)30-35(32,33)26-16-20(11-10-19(26)2)27(31)29-24-17-21(28)12-15-25(24)34-23-6-4-3-5-7-23/h3-17,30H,1-2H3,(H,29,31). The zero-order valence-corrected chi connectivity index (χ0v) is 20.7. The lowest BCUT2D eigenvalue weighted by Gasteiger charge is -2.14. The third-order valence-electron chi connectivity index (χ3n) is 5.20. The lowest BCUT2D eigenvalue weighted by Crippen LogP contribution is -2.17. The van der Waals surface area contributed by atoms with Crippen LogP contribution in [-0.2, 0) is 10.0 Å². The summed E-state index contributed by atoms with van der Waals surface area (Å²) >= 11 is 6.15. The van der Waals surface area contributed by atoms with Gasteiger partial charge < -0.3 is 10.1 Å². The van der Waals surface area contributed by atoms with Crippen molar-refractivity contribution in [3.05, 3.63) is 113 Å².